The van der Waals surface area contributed by atoms with Gasteiger partial charge in [-0.15, -0.1) is 22.9 Å². The van der Waals surface area contributed by atoms with Crippen LogP contribution < -0.4 is 0 Å². The Morgan fingerprint density at radius 2 is 2.07 bits per heavy atom. The monoisotopic (exact) mass is 226 g/mol. The third-order valence-electron chi connectivity index (χ3n) is 2.28. The van der Waals surface area contributed by atoms with Crippen LogP contribution >= 0.6 is 22.9 Å². The van der Waals surface area contributed by atoms with Crippen LogP contribution in [0.25, 0.3) is 10.1 Å². The fourth-order valence-corrected chi connectivity index (χ4v) is 2.80. The SMILES string of the molecule is Cc1cc2cc(CCl)c(CO)cc2s1. The second-order valence-electron chi connectivity index (χ2n) is 3.31. The van der Waals surface area contributed by atoms with Gasteiger partial charge in [-0.3, -0.25) is 0 Å². The zero-order valence-electron chi connectivity index (χ0n) is 7.88. The van der Waals surface area contributed by atoms with E-state index in [0.717, 1.165) is 11.1 Å². The summed E-state index contributed by atoms with van der Waals surface area (Å²) < 4.78 is 1.22. The number of fused-ring (bicyclic) bond motifs is 1. The molecule has 0 fully saturated rings. The summed E-state index contributed by atoms with van der Waals surface area (Å²) in [7, 11) is 0. The number of benzene rings is 1. The molecule has 0 saturated carbocycles. The number of aryl methyl sites for hydroxylation is 1. The Labute approximate surface area is 91.9 Å². The van der Waals surface area contributed by atoms with Crippen LogP contribution in [-0.2, 0) is 12.5 Å². The minimum atomic E-state index is 0.0644. The Morgan fingerprint density at radius 1 is 1.29 bits per heavy atom. The number of alkyl halides is 1. The van der Waals surface area contributed by atoms with Crippen LogP contribution in [0.1, 0.15) is 16.0 Å². The van der Waals surface area contributed by atoms with E-state index in [1.807, 2.05) is 6.07 Å². The van der Waals surface area contributed by atoms with Crippen molar-refractivity contribution in [2.24, 2.45) is 0 Å². The molecule has 0 aliphatic carbocycles. The molecule has 1 heterocycles. The van der Waals surface area contributed by atoms with Gasteiger partial charge in [-0.25, -0.2) is 0 Å². The first-order valence-corrected chi connectivity index (χ1v) is 5.78. The number of hydrogen-bond acceptors (Lipinski definition) is 2. The van der Waals surface area contributed by atoms with E-state index in [4.69, 9.17) is 16.7 Å². The molecule has 0 aliphatic rings. The molecule has 0 amide bonds. The maximum absolute atomic E-state index is 9.16. The summed E-state index contributed by atoms with van der Waals surface area (Å²) in [4.78, 5) is 1.29. The fraction of sp³-hybridized carbons (Fsp3) is 0.273. The molecular weight excluding hydrogens is 216 g/mol. The largest absolute Gasteiger partial charge is 0.392 e. The lowest BCUT2D eigenvalue weighted by Crippen LogP contribution is -1.90. The Balaban J connectivity index is 2.68. The van der Waals surface area contributed by atoms with Gasteiger partial charge in [0.2, 0.25) is 0 Å². The first-order chi connectivity index (χ1) is 6.74. The van der Waals surface area contributed by atoms with Crippen molar-refractivity contribution in [3.05, 3.63) is 34.2 Å². The summed E-state index contributed by atoms with van der Waals surface area (Å²) in [6.45, 7) is 2.15. The van der Waals surface area contributed by atoms with Crippen molar-refractivity contribution in [2.75, 3.05) is 0 Å². The van der Waals surface area contributed by atoms with E-state index >= 15 is 0 Å². The van der Waals surface area contributed by atoms with E-state index in [-0.39, 0.29) is 6.61 Å². The Morgan fingerprint density at radius 3 is 2.71 bits per heavy atom. The second kappa shape index (κ2) is 3.89. The van der Waals surface area contributed by atoms with Gasteiger partial charge in [0.1, 0.15) is 0 Å². The van der Waals surface area contributed by atoms with Gasteiger partial charge in [-0.2, -0.15) is 0 Å². The summed E-state index contributed by atoms with van der Waals surface area (Å²) >= 11 is 7.56. The molecule has 1 nitrogen and oxygen atoms in total. The average molecular weight is 227 g/mol. The van der Waals surface area contributed by atoms with E-state index < -0.39 is 0 Å². The van der Waals surface area contributed by atoms with Crippen LogP contribution in [0.4, 0.5) is 0 Å². The normalized spacial score (nSPS) is 11.1. The predicted molar refractivity (Wildman–Crippen MR) is 62.0 cm³/mol. The quantitative estimate of drug-likeness (QED) is 0.778. The molecule has 74 valence electrons. The molecule has 0 saturated heterocycles. The molecular formula is C11H11ClOS. The van der Waals surface area contributed by atoms with Crippen LogP contribution in [0.2, 0.25) is 0 Å². The van der Waals surface area contributed by atoms with Crippen LogP contribution in [0.15, 0.2) is 18.2 Å². The topological polar surface area (TPSA) is 20.2 Å². The van der Waals surface area contributed by atoms with Crippen molar-refractivity contribution < 1.29 is 5.11 Å². The van der Waals surface area contributed by atoms with Gasteiger partial charge >= 0.3 is 0 Å². The minimum absolute atomic E-state index is 0.0644. The zero-order chi connectivity index (χ0) is 10.1. The number of aliphatic hydroxyl groups is 1. The Bertz CT molecular complexity index is 421. The van der Waals surface area contributed by atoms with Crippen molar-refractivity contribution in [2.45, 2.75) is 19.4 Å². The molecule has 3 heteroatoms. The second-order valence-corrected chi connectivity index (χ2v) is 4.86. The molecule has 1 N–H and O–H groups in total. The molecule has 0 spiro atoms. The van der Waals surface area contributed by atoms with E-state index in [2.05, 4.69) is 19.1 Å². The first-order valence-electron chi connectivity index (χ1n) is 4.43. The first kappa shape index (κ1) is 9.97. The summed E-state index contributed by atoms with van der Waals surface area (Å²) in [5, 5.41) is 10.4. The number of halogens is 1. The zero-order valence-corrected chi connectivity index (χ0v) is 9.45. The van der Waals surface area contributed by atoms with Crippen LogP contribution in [0.5, 0.6) is 0 Å². The van der Waals surface area contributed by atoms with Gasteiger partial charge in [0.25, 0.3) is 0 Å². The summed E-state index contributed by atoms with van der Waals surface area (Å²) in [6.07, 6.45) is 0. The summed E-state index contributed by atoms with van der Waals surface area (Å²) in [6, 6.07) is 6.25. The molecule has 0 bridgehead atoms. The number of hydrogen-bond donors (Lipinski definition) is 1. The smallest absolute Gasteiger partial charge is 0.0685 e. The summed E-state index contributed by atoms with van der Waals surface area (Å²) in [5.74, 6) is 0.459. The molecule has 0 atom stereocenters. The van der Waals surface area contributed by atoms with Gasteiger partial charge in [-0.1, -0.05) is 0 Å². The Kier molecular flexibility index (Phi) is 2.77. The third-order valence-corrected chi connectivity index (χ3v) is 3.58. The van der Waals surface area contributed by atoms with Gasteiger partial charge in [0, 0.05) is 15.5 Å². The minimum Gasteiger partial charge on any atom is -0.392 e. The number of aliphatic hydroxyl groups excluding tert-OH is 1. The molecule has 1 aromatic carbocycles. The van der Waals surface area contributed by atoms with Crippen LogP contribution in [0, 0.1) is 6.92 Å². The molecule has 14 heavy (non-hydrogen) atoms. The van der Waals surface area contributed by atoms with Gasteiger partial charge < -0.3 is 5.11 Å². The highest BCUT2D eigenvalue weighted by Crippen LogP contribution is 2.28. The Hall–Kier alpha value is -0.570. The van der Waals surface area contributed by atoms with E-state index in [1.54, 1.807) is 11.3 Å². The lowest BCUT2D eigenvalue weighted by molar-refractivity contribution is 0.281. The highest BCUT2D eigenvalue weighted by molar-refractivity contribution is 7.19. The van der Waals surface area contributed by atoms with Crippen molar-refractivity contribution in [1.82, 2.24) is 0 Å². The van der Waals surface area contributed by atoms with Gasteiger partial charge in [0.05, 0.1) is 6.61 Å². The summed E-state index contributed by atoms with van der Waals surface area (Å²) in [5.41, 5.74) is 1.97. The van der Waals surface area contributed by atoms with E-state index in [9.17, 15) is 0 Å². The molecule has 0 aliphatic heterocycles. The maximum atomic E-state index is 9.16. The standard InChI is InChI=1S/C11H11ClOS/c1-7-2-8-3-9(5-12)10(6-13)4-11(8)14-7/h2-4,13H,5-6H2,1H3. The van der Waals surface area contributed by atoms with Gasteiger partial charge in [-0.05, 0) is 41.6 Å². The number of rotatable bonds is 2. The highest BCUT2D eigenvalue weighted by atomic mass is 35.5. The van der Waals surface area contributed by atoms with Crippen molar-refractivity contribution >= 4 is 33.0 Å². The van der Waals surface area contributed by atoms with E-state index in [0.29, 0.717) is 5.88 Å². The van der Waals surface area contributed by atoms with Gasteiger partial charge in [0.15, 0.2) is 0 Å². The van der Waals surface area contributed by atoms with E-state index in [1.165, 1.54) is 15.0 Å². The lowest BCUT2D eigenvalue weighted by atomic mass is 10.1. The molecule has 1 aromatic heterocycles. The van der Waals surface area contributed by atoms with Crippen LogP contribution in [0.3, 0.4) is 0 Å². The third kappa shape index (κ3) is 1.65. The predicted octanol–water partition coefficient (Wildman–Crippen LogP) is 3.44. The fourth-order valence-electron chi connectivity index (χ4n) is 1.58. The maximum Gasteiger partial charge on any atom is 0.0685 e. The van der Waals surface area contributed by atoms with Crippen LogP contribution in [-0.4, -0.2) is 5.11 Å². The van der Waals surface area contributed by atoms with Crippen molar-refractivity contribution in [3.63, 3.8) is 0 Å². The van der Waals surface area contributed by atoms with Crippen molar-refractivity contribution in [3.8, 4) is 0 Å². The van der Waals surface area contributed by atoms with Crippen molar-refractivity contribution in [1.29, 1.82) is 0 Å². The lowest BCUT2D eigenvalue weighted by Gasteiger charge is -2.03. The highest BCUT2D eigenvalue weighted by Gasteiger charge is 2.05. The number of thiophene rings is 1. The average Bonchev–Trinajstić information content (AvgIpc) is 2.54. The molecule has 2 rings (SSSR count). The molecule has 2 aromatic rings. The molecule has 0 unspecified atom stereocenters. The molecule has 0 radical (unpaired) electrons.